The highest BCUT2D eigenvalue weighted by Gasteiger charge is 2.27. The van der Waals surface area contributed by atoms with Crippen LogP contribution in [-0.2, 0) is 13.0 Å². The molecule has 2 aromatic rings. The molecule has 0 saturated carbocycles. The number of amides is 1. The average molecular weight is 331 g/mol. The van der Waals surface area contributed by atoms with Gasteiger partial charge in [0.05, 0.1) is 12.2 Å². The highest BCUT2D eigenvalue weighted by Crippen LogP contribution is 2.22. The third kappa shape index (κ3) is 3.35. The molecule has 3 heterocycles. The molecule has 3 N–H and O–H groups in total. The van der Waals surface area contributed by atoms with Crippen molar-refractivity contribution in [2.24, 2.45) is 5.92 Å². The zero-order valence-electron chi connectivity index (χ0n) is 13.7. The normalized spacial score (nSPS) is 15.6. The number of carbonyl (C=O) groups excluding carboxylic acids is 1. The van der Waals surface area contributed by atoms with Crippen LogP contribution in [0.25, 0.3) is 0 Å². The second-order valence-corrected chi connectivity index (χ2v) is 6.12. The van der Waals surface area contributed by atoms with Crippen molar-refractivity contribution in [3.8, 4) is 0 Å². The van der Waals surface area contributed by atoms with Crippen LogP contribution in [0.4, 0.5) is 0 Å². The van der Waals surface area contributed by atoms with Gasteiger partial charge < -0.3 is 20.2 Å². The van der Waals surface area contributed by atoms with Gasteiger partial charge in [0.15, 0.2) is 5.82 Å². The molecule has 0 bridgehead atoms. The molecule has 0 aliphatic carbocycles. The first-order valence-electron chi connectivity index (χ1n) is 8.04. The van der Waals surface area contributed by atoms with E-state index in [1.165, 1.54) is 6.20 Å². The molecule has 128 valence electrons. The minimum absolute atomic E-state index is 0.126. The van der Waals surface area contributed by atoms with Gasteiger partial charge in [0, 0.05) is 32.3 Å². The van der Waals surface area contributed by atoms with Crippen molar-refractivity contribution in [1.82, 2.24) is 35.4 Å². The maximum Gasteiger partial charge on any atom is 0.271 e. The molecule has 0 aromatic carbocycles. The number of nitrogens with one attached hydrogen (secondary N) is 3. The Hall–Kier alpha value is -2.55. The Kier molecular flexibility index (Phi) is 4.70. The molecule has 0 fully saturated rings. The SMILES string of the molecule is CC(C)C(NC(=O)c1c[nH]c(=O)cn1)c1nnc2n1CCNCC2. The minimum atomic E-state index is -0.353. The van der Waals surface area contributed by atoms with Crippen LogP contribution in [0.2, 0.25) is 0 Å². The smallest absolute Gasteiger partial charge is 0.271 e. The van der Waals surface area contributed by atoms with Gasteiger partial charge in [-0.3, -0.25) is 9.59 Å². The molecule has 1 unspecified atom stereocenters. The summed E-state index contributed by atoms with van der Waals surface area (Å²) < 4.78 is 2.07. The van der Waals surface area contributed by atoms with Gasteiger partial charge in [-0.1, -0.05) is 13.8 Å². The average Bonchev–Trinajstić information content (AvgIpc) is 2.80. The molecule has 0 saturated heterocycles. The van der Waals surface area contributed by atoms with Crippen molar-refractivity contribution < 1.29 is 4.79 Å². The van der Waals surface area contributed by atoms with Crippen LogP contribution in [0.3, 0.4) is 0 Å². The van der Waals surface area contributed by atoms with Crippen molar-refractivity contribution in [3.05, 3.63) is 40.1 Å². The van der Waals surface area contributed by atoms with Gasteiger partial charge >= 0.3 is 0 Å². The summed E-state index contributed by atoms with van der Waals surface area (Å²) in [5.41, 5.74) is -0.181. The van der Waals surface area contributed by atoms with Gasteiger partial charge in [-0.15, -0.1) is 10.2 Å². The summed E-state index contributed by atoms with van der Waals surface area (Å²) in [6, 6.07) is -0.287. The van der Waals surface area contributed by atoms with Crippen LogP contribution in [0.15, 0.2) is 17.2 Å². The van der Waals surface area contributed by atoms with E-state index >= 15 is 0 Å². The van der Waals surface area contributed by atoms with Gasteiger partial charge in [-0.2, -0.15) is 0 Å². The summed E-state index contributed by atoms with van der Waals surface area (Å²) in [5.74, 6) is 1.45. The monoisotopic (exact) mass is 331 g/mol. The zero-order chi connectivity index (χ0) is 17.1. The van der Waals surface area contributed by atoms with Crippen LogP contribution in [0.5, 0.6) is 0 Å². The summed E-state index contributed by atoms with van der Waals surface area (Å²) >= 11 is 0. The number of aromatic amines is 1. The highest BCUT2D eigenvalue weighted by molar-refractivity contribution is 5.92. The lowest BCUT2D eigenvalue weighted by Gasteiger charge is -2.22. The number of aromatic nitrogens is 5. The van der Waals surface area contributed by atoms with Crippen molar-refractivity contribution in [2.45, 2.75) is 32.9 Å². The minimum Gasteiger partial charge on any atom is -0.340 e. The van der Waals surface area contributed by atoms with Crippen LogP contribution in [-0.4, -0.2) is 43.7 Å². The number of H-pyrrole nitrogens is 1. The number of carbonyl (C=O) groups is 1. The first kappa shape index (κ1) is 16.3. The maximum atomic E-state index is 12.4. The Bertz CT molecular complexity index is 760. The van der Waals surface area contributed by atoms with Crippen LogP contribution in [0.1, 0.15) is 42.0 Å². The molecule has 9 nitrogen and oxygen atoms in total. The van der Waals surface area contributed by atoms with Gasteiger partial charge in [-0.05, 0) is 5.92 Å². The van der Waals surface area contributed by atoms with Gasteiger partial charge in [0.2, 0.25) is 0 Å². The standard InChI is InChI=1S/C15H21N7O2/c1-9(2)13(19-15(24)10-7-18-12(23)8-17-10)14-21-20-11-3-4-16-5-6-22(11)14/h7-9,13,16H,3-6H2,1-2H3,(H,18,23)(H,19,24). The van der Waals surface area contributed by atoms with E-state index in [0.717, 1.165) is 43.9 Å². The molecule has 0 radical (unpaired) electrons. The first-order chi connectivity index (χ1) is 11.6. The van der Waals surface area contributed by atoms with E-state index in [9.17, 15) is 9.59 Å². The Morgan fingerprint density at radius 3 is 2.88 bits per heavy atom. The maximum absolute atomic E-state index is 12.4. The molecule has 1 atom stereocenters. The third-order valence-corrected chi connectivity index (χ3v) is 4.03. The first-order valence-corrected chi connectivity index (χ1v) is 8.04. The van der Waals surface area contributed by atoms with Crippen LogP contribution in [0, 0.1) is 5.92 Å². The fourth-order valence-electron chi connectivity index (χ4n) is 2.73. The number of fused-ring (bicyclic) bond motifs is 1. The van der Waals surface area contributed by atoms with Crippen LogP contribution >= 0.6 is 0 Å². The van der Waals surface area contributed by atoms with Gasteiger partial charge in [-0.25, -0.2) is 4.98 Å². The molecule has 3 rings (SSSR count). The molecule has 24 heavy (non-hydrogen) atoms. The van der Waals surface area contributed by atoms with Gasteiger partial charge in [0.25, 0.3) is 11.5 Å². The Morgan fingerprint density at radius 1 is 1.33 bits per heavy atom. The molecule has 9 heteroatoms. The lowest BCUT2D eigenvalue weighted by Crippen LogP contribution is -2.35. The Balaban J connectivity index is 1.85. The topological polar surface area (TPSA) is 118 Å². The molecular weight excluding hydrogens is 310 g/mol. The second kappa shape index (κ2) is 6.91. The van der Waals surface area contributed by atoms with Crippen molar-refractivity contribution in [1.29, 1.82) is 0 Å². The fraction of sp³-hybridized carbons (Fsp3) is 0.533. The number of hydrogen-bond acceptors (Lipinski definition) is 6. The predicted molar refractivity (Wildman–Crippen MR) is 86.5 cm³/mol. The quantitative estimate of drug-likeness (QED) is 0.704. The molecular formula is C15H21N7O2. The summed E-state index contributed by atoms with van der Waals surface area (Å²) in [5, 5.41) is 14.9. The lowest BCUT2D eigenvalue weighted by molar-refractivity contribution is 0.0916. The summed E-state index contributed by atoms with van der Waals surface area (Å²) in [4.78, 5) is 29.8. The van der Waals surface area contributed by atoms with Crippen molar-refractivity contribution in [2.75, 3.05) is 13.1 Å². The number of hydrogen-bond donors (Lipinski definition) is 3. The Labute approximate surface area is 138 Å². The van der Waals surface area contributed by atoms with Crippen molar-refractivity contribution in [3.63, 3.8) is 0 Å². The largest absolute Gasteiger partial charge is 0.340 e. The summed E-state index contributed by atoms with van der Waals surface area (Å²) in [6.07, 6.45) is 3.21. The zero-order valence-corrected chi connectivity index (χ0v) is 13.7. The number of nitrogens with zero attached hydrogens (tertiary/aromatic N) is 4. The Morgan fingerprint density at radius 2 is 2.17 bits per heavy atom. The summed E-state index contributed by atoms with van der Waals surface area (Å²) in [7, 11) is 0. The van der Waals surface area contributed by atoms with E-state index in [1.807, 2.05) is 13.8 Å². The van der Waals surface area contributed by atoms with Gasteiger partial charge in [0.1, 0.15) is 11.5 Å². The summed E-state index contributed by atoms with van der Waals surface area (Å²) in [6.45, 7) is 6.52. The molecule has 1 aliphatic rings. The van der Waals surface area contributed by atoms with Crippen LogP contribution < -0.4 is 16.2 Å². The lowest BCUT2D eigenvalue weighted by atomic mass is 10.0. The van der Waals surface area contributed by atoms with E-state index in [1.54, 1.807) is 0 Å². The second-order valence-electron chi connectivity index (χ2n) is 6.12. The molecule has 1 amide bonds. The van der Waals surface area contributed by atoms with E-state index in [2.05, 4.69) is 35.4 Å². The molecule has 1 aliphatic heterocycles. The third-order valence-electron chi connectivity index (χ3n) is 4.03. The number of rotatable bonds is 4. The van der Waals surface area contributed by atoms with Crippen molar-refractivity contribution >= 4 is 5.91 Å². The molecule has 0 spiro atoms. The molecule has 2 aromatic heterocycles. The predicted octanol–water partition coefficient (Wildman–Crippen LogP) is -0.366. The fourth-order valence-corrected chi connectivity index (χ4v) is 2.73. The van der Waals surface area contributed by atoms with E-state index in [0.29, 0.717) is 0 Å². The van der Waals surface area contributed by atoms with E-state index in [4.69, 9.17) is 0 Å². The van der Waals surface area contributed by atoms with E-state index < -0.39 is 0 Å². The highest BCUT2D eigenvalue weighted by atomic mass is 16.2. The van der Waals surface area contributed by atoms with E-state index in [-0.39, 0.29) is 29.1 Å².